The second-order valence-corrected chi connectivity index (χ2v) is 7.23. The SMILES string of the molecule is CN(C)C1CCN(C(=O)c2cnc(NC3CCc4ncccc43)nc2)C1. The van der Waals surface area contributed by atoms with Crippen LogP contribution < -0.4 is 5.32 Å². The molecule has 136 valence electrons. The van der Waals surface area contributed by atoms with Crippen LogP contribution in [0.1, 0.15) is 40.5 Å². The zero-order valence-electron chi connectivity index (χ0n) is 15.2. The maximum absolute atomic E-state index is 12.6. The van der Waals surface area contributed by atoms with Gasteiger partial charge in [-0.2, -0.15) is 0 Å². The highest BCUT2D eigenvalue weighted by Crippen LogP contribution is 2.31. The molecule has 1 N–H and O–H groups in total. The largest absolute Gasteiger partial charge is 0.347 e. The molecule has 2 atom stereocenters. The van der Waals surface area contributed by atoms with Crippen molar-refractivity contribution >= 4 is 11.9 Å². The fraction of sp³-hybridized carbons (Fsp3) is 0.474. The number of pyridine rings is 1. The van der Waals surface area contributed by atoms with Gasteiger partial charge in [-0.15, -0.1) is 0 Å². The van der Waals surface area contributed by atoms with Crippen molar-refractivity contribution in [3.8, 4) is 0 Å². The van der Waals surface area contributed by atoms with E-state index in [1.807, 2.05) is 17.2 Å². The lowest BCUT2D eigenvalue weighted by Crippen LogP contribution is -2.34. The summed E-state index contributed by atoms with van der Waals surface area (Å²) in [4.78, 5) is 29.8. The molecule has 0 radical (unpaired) electrons. The van der Waals surface area contributed by atoms with Crippen molar-refractivity contribution in [1.29, 1.82) is 0 Å². The Morgan fingerprint density at radius 2 is 2.04 bits per heavy atom. The van der Waals surface area contributed by atoms with Gasteiger partial charge in [0.2, 0.25) is 5.95 Å². The smallest absolute Gasteiger partial charge is 0.257 e. The number of hydrogen-bond acceptors (Lipinski definition) is 6. The van der Waals surface area contributed by atoms with Crippen LogP contribution in [0.15, 0.2) is 30.7 Å². The van der Waals surface area contributed by atoms with Crippen LogP contribution in [0.4, 0.5) is 5.95 Å². The molecule has 1 aliphatic heterocycles. The van der Waals surface area contributed by atoms with Gasteiger partial charge in [-0.1, -0.05) is 6.07 Å². The number of hydrogen-bond donors (Lipinski definition) is 1. The van der Waals surface area contributed by atoms with Crippen LogP contribution in [0.3, 0.4) is 0 Å². The lowest BCUT2D eigenvalue weighted by molar-refractivity contribution is 0.0782. The van der Waals surface area contributed by atoms with Gasteiger partial charge >= 0.3 is 0 Å². The van der Waals surface area contributed by atoms with Gasteiger partial charge in [0.25, 0.3) is 5.91 Å². The van der Waals surface area contributed by atoms with E-state index in [0.717, 1.165) is 38.0 Å². The number of fused-ring (bicyclic) bond motifs is 1. The summed E-state index contributed by atoms with van der Waals surface area (Å²) in [6.45, 7) is 1.55. The molecule has 0 spiro atoms. The summed E-state index contributed by atoms with van der Waals surface area (Å²) in [6, 6.07) is 4.66. The zero-order valence-corrected chi connectivity index (χ0v) is 15.2. The van der Waals surface area contributed by atoms with Crippen LogP contribution >= 0.6 is 0 Å². The number of likely N-dealkylation sites (tertiary alicyclic amines) is 1. The summed E-state index contributed by atoms with van der Waals surface area (Å²) in [5.74, 6) is 0.562. The lowest BCUT2D eigenvalue weighted by atomic mass is 10.1. The Hall–Kier alpha value is -2.54. The highest BCUT2D eigenvalue weighted by molar-refractivity contribution is 5.93. The van der Waals surface area contributed by atoms with Crippen LogP contribution in [-0.2, 0) is 6.42 Å². The molecule has 2 aromatic rings. The predicted octanol–water partition coefficient (Wildman–Crippen LogP) is 1.75. The van der Waals surface area contributed by atoms with Crippen molar-refractivity contribution in [2.45, 2.75) is 31.3 Å². The number of aromatic nitrogens is 3. The Morgan fingerprint density at radius 1 is 1.23 bits per heavy atom. The van der Waals surface area contributed by atoms with Crippen molar-refractivity contribution in [2.75, 3.05) is 32.5 Å². The van der Waals surface area contributed by atoms with Gasteiger partial charge in [-0.25, -0.2) is 9.97 Å². The minimum Gasteiger partial charge on any atom is -0.347 e. The molecule has 0 saturated carbocycles. The Labute approximate surface area is 153 Å². The molecule has 0 bridgehead atoms. The van der Waals surface area contributed by atoms with Crippen molar-refractivity contribution in [3.63, 3.8) is 0 Å². The fourth-order valence-corrected chi connectivity index (χ4v) is 3.76. The second kappa shape index (κ2) is 6.99. The first-order valence-corrected chi connectivity index (χ1v) is 9.10. The first-order valence-electron chi connectivity index (χ1n) is 9.10. The van der Waals surface area contributed by atoms with Gasteiger partial charge in [0.1, 0.15) is 0 Å². The molecular formula is C19H24N6O. The topological polar surface area (TPSA) is 74.2 Å². The molecule has 2 aromatic heterocycles. The number of carbonyl (C=O) groups is 1. The third kappa shape index (κ3) is 3.26. The monoisotopic (exact) mass is 352 g/mol. The summed E-state index contributed by atoms with van der Waals surface area (Å²) < 4.78 is 0. The van der Waals surface area contributed by atoms with Crippen LogP contribution in [-0.4, -0.2) is 63.9 Å². The average molecular weight is 352 g/mol. The number of rotatable bonds is 4. The van der Waals surface area contributed by atoms with E-state index >= 15 is 0 Å². The van der Waals surface area contributed by atoms with Gasteiger partial charge in [0, 0.05) is 43.4 Å². The Bertz CT molecular complexity index is 791. The molecule has 2 aliphatic rings. The van der Waals surface area contributed by atoms with E-state index in [1.54, 1.807) is 12.4 Å². The summed E-state index contributed by atoms with van der Waals surface area (Å²) in [5, 5.41) is 3.36. The molecule has 1 saturated heterocycles. The number of nitrogens with one attached hydrogen (secondary N) is 1. The number of likely N-dealkylation sites (N-methyl/N-ethyl adjacent to an activating group) is 1. The fourth-order valence-electron chi connectivity index (χ4n) is 3.76. The van der Waals surface area contributed by atoms with Gasteiger partial charge in [0.05, 0.1) is 11.6 Å². The Morgan fingerprint density at radius 3 is 2.77 bits per heavy atom. The third-order valence-electron chi connectivity index (χ3n) is 5.35. The normalized spacial score (nSPS) is 21.9. The molecule has 1 amide bonds. The van der Waals surface area contributed by atoms with Crippen LogP contribution in [0.25, 0.3) is 0 Å². The molecule has 4 rings (SSSR count). The standard InChI is InChI=1S/C19H24N6O/c1-24(2)14-7-9-25(12-14)18(26)13-10-21-19(22-11-13)23-17-6-5-16-15(17)4-3-8-20-16/h3-4,8,10-11,14,17H,5-7,9,12H2,1-2H3,(H,21,22,23). The van der Waals surface area contributed by atoms with Crippen molar-refractivity contribution < 1.29 is 4.79 Å². The minimum atomic E-state index is 0.0105. The molecule has 7 heteroatoms. The predicted molar refractivity (Wildman–Crippen MR) is 98.9 cm³/mol. The minimum absolute atomic E-state index is 0.0105. The van der Waals surface area contributed by atoms with E-state index in [1.165, 1.54) is 5.56 Å². The first kappa shape index (κ1) is 16.9. The number of aryl methyl sites for hydroxylation is 1. The lowest BCUT2D eigenvalue weighted by Gasteiger charge is -2.20. The molecule has 1 aliphatic carbocycles. The number of carbonyl (C=O) groups excluding carboxylic acids is 1. The second-order valence-electron chi connectivity index (χ2n) is 7.23. The maximum Gasteiger partial charge on any atom is 0.257 e. The molecule has 3 heterocycles. The highest BCUT2D eigenvalue weighted by Gasteiger charge is 2.28. The van der Waals surface area contributed by atoms with Crippen molar-refractivity contribution in [2.24, 2.45) is 0 Å². The average Bonchev–Trinajstić information content (AvgIpc) is 3.30. The van der Waals surface area contributed by atoms with E-state index < -0.39 is 0 Å². The van der Waals surface area contributed by atoms with Gasteiger partial charge in [-0.05, 0) is 45.0 Å². The molecule has 7 nitrogen and oxygen atoms in total. The summed E-state index contributed by atoms with van der Waals surface area (Å²) in [5.41, 5.74) is 2.90. The van der Waals surface area contributed by atoms with E-state index in [4.69, 9.17) is 0 Å². The van der Waals surface area contributed by atoms with Crippen molar-refractivity contribution in [1.82, 2.24) is 24.8 Å². The highest BCUT2D eigenvalue weighted by atomic mass is 16.2. The van der Waals surface area contributed by atoms with E-state index in [0.29, 0.717) is 17.6 Å². The zero-order chi connectivity index (χ0) is 18.1. The number of anilines is 1. The summed E-state index contributed by atoms with van der Waals surface area (Å²) in [6.07, 6.45) is 8.04. The van der Waals surface area contributed by atoms with E-state index in [2.05, 4.69) is 45.3 Å². The maximum atomic E-state index is 12.6. The van der Waals surface area contributed by atoms with Gasteiger partial charge < -0.3 is 15.1 Å². The molecule has 1 fully saturated rings. The summed E-state index contributed by atoms with van der Waals surface area (Å²) in [7, 11) is 4.11. The third-order valence-corrected chi connectivity index (χ3v) is 5.35. The van der Waals surface area contributed by atoms with Crippen LogP contribution in [0.5, 0.6) is 0 Å². The van der Waals surface area contributed by atoms with E-state index in [-0.39, 0.29) is 11.9 Å². The molecule has 2 unspecified atom stereocenters. The first-order chi connectivity index (χ1) is 12.6. The Kier molecular flexibility index (Phi) is 4.55. The van der Waals surface area contributed by atoms with E-state index in [9.17, 15) is 4.79 Å². The summed E-state index contributed by atoms with van der Waals surface area (Å²) >= 11 is 0. The number of nitrogens with zero attached hydrogens (tertiary/aromatic N) is 5. The van der Waals surface area contributed by atoms with Crippen LogP contribution in [0.2, 0.25) is 0 Å². The molecule has 26 heavy (non-hydrogen) atoms. The molecular weight excluding hydrogens is 328 g/mol. The molecule has 0 aromatic carbocycles. The quantitative estimate of drug-likeness (QED) is 0.904. The van der Waals surface area contributed by atoms with Crippen LogP contribution in [0, 0.1) is 0 Å². The van der Waals surface area contributed by atoms with Gasteiger partial charge in [-0.3, -0.25) is 9.78 Å². The van der Waals surface area contributed by atoms with Crippen molar-refractivity contribution in [3.05, 3.63) is 47.5 Å². The van der Waals surface area contributed by atoms with Gasteiger partial charge in [0.15, 0.2) is 0 Å². The Balaban J connectivity index is 1.41. The number of amides is 1.